The molecule has 2 aromatic heterocycles. The van der Waals surface area contributed by atoms with Crippen molar-refractivity contribution in [2.45, 2.75) is 26.5 Å². The maximum Gasteiger partial charge on any atom is 0.272 e. The molecule has 0 fully saturated rings. The van der Waals surface area contributed by atoms with Gasteiger partial charge in [0, 0.05) is 16.6 Å². The van der Waals surface area contributed by atoms with Crippen LogP contribution in [0.4, 0.5) is 5.69 Å². The molecule has 0 saturated heterocycles. The second-order valence-corrected chi connectivity index (χ2v) is 6.94. The van der Waals surface area contributed by atoms with Gasteiger partial charge < -0.3 is 15.4 Å². The lowest BCUT2D eigenvalue weighted by molar-refractivity contribution is 0.102. The Balaban J connectivity index is 1.47. The molecule has 0 aliphatic carbocycles. The van der Waals surface area contributed by atoms with Gasteiger partial charge in [-0.1, -0.05) is 18.2 Å². The number of hydrogen-bond acceptors (Lipinski definition) is 4. The lowest BCUT2D eigenvalue weighted by atomic mass is 10.1. The Morgan fingerprint density at radius 1 is 1.21 bits per heavy atom. The Hall–Kier alpha value is -3.45. The number of nitrogens with one attached hydrogen (secondary N) is 2. The van der Waals surface area contributed by atoms with E-state index in [1.807, 2.05) is 26.0 Å². The molecule has 0 spiro atoms. The van der Waals surface area contributed by atoms with Gasteiger partial charge >= 0.3 is 0 Å². The lowest BCUT2D eigenvalue weighted by Gasteiger charge is -2.11. The molecule has 1 amide bonds. The average molecular weight is 375 g/mol. The number of benzene rings is 2. The number of aryl methyl sites for hydroxylation is 2. The van der Waals surface area contributed by atoms with Crippen molar-refractivity contribution in [3.8, 4) is 0 Å². The Kier molecular flexibility index (Phi) is 4.67. The van der Waals surface area contributed by atoms with Crippen LogP contribution in [0.2, 0.25) is 0 Å². The molecule has 0 bridgehead atoms. The largest absolute Gasteiger partial charge is 0.386 e. The molecule has 4 rings (SSSR count). The minimum absolute atomic E-state index is 0.204. The predicted octanol–water partition coefficient (Wildman–Crippen LogP) is 3.36. The van der Waals surface area contributed by atoms with Gasteiger partial charge in [0.05, 0.1) is 12.6 Å². The number of aromatic amines is 1. The van der Waals surface area contributed by atoms with E-state index >= 15 is 0 Å². The summed E-state index contributed by atoms with van der Waals surface area (Å²) in [6.07, 6.45) is 2.28. The third kappa shape index (κ3) is 3.65. The van der Waals surface area contributed by atoms with Crippen molar-refractivity contribution in [1.29, 1.82) is 0 Å². The van der Waals surface area contributed by atoms with Gasteiger partial charge in [-0.25, -0.2) is 4.98 Å². The third-order valence-electron chi connectivity index (χ3n) is 4.71. The summed E-state index contributed by atoms with van der Waals surface area (Å²) in [6, 6.07) is 13.1. The summed E-state index contributed by atoms with van der Waals surface area (Å²) in [4.78, 5) is 19.6. The van der Waals surface area contributed by atoms with Crippen molar-refractivity contribution in [1.82, 2.24) is 19.7 Å². The first kappa shape index (κ1) is 17.9. The van der Waals surface area contributed by atoms with E-state index < -0.39 is 6.10 Å². The van der Waals surface area contributed by atoms with E-state index in [9.17, 15) is 9.90 Å². The Labute approximate surface area is 162 Å². The monoisotopic (exact) mass is 375 g/mol. The molecule has 1 atom stereocenters. The number of aliphatic hydroxyl groups excluding tert-OH is 1. The first-order valence-corrected chi connectivity index (χ1v) is 9.01. The van der Waals surface area contributed by atoms with Crippen LogP contribution in [0.25, 0.3) is 10.9 Å². The van der Waals surface area contributed by atoms with Crippen LogP contribution < -0.4 is 5.32 Å². The summed E-state index contributed by atoms with van der Waals surface area (Å²) >= 11 is 0. The highest BCUT2D eigenvalue weighted by Gasteiger charge is 2.13. The number of rotatable bonds is 5. The van der Waals surface area contributed by atoms with Crippen LogP contribution in [-0.2, 0) is 6.54 Å². The lowest BCUT2D eigenvalue weighted by Crippen LogP contribution is -2.12. The van der Waals surface area contributed by atoms with Crippen LogP contribution in [0, 0.1) is 13.8 Å². The Bertz CT molecular complexity index is 1110. The normalized spacial score (nSPS) is 12.2. The highest BCUT2D eigenvalue weighted by atomic mass is 16.3. The molecule has 3 N–H and O–H groups in total. The second kappa shape index (κ2) is 7.28. The van der Waals surface area contributed by atoms with E-state index in [1.54, 1.807) is 35.3 Å². The minimum Gasteiger partial charge on any atom is -0.386 e. The zero-order valence-electron chi connectivity index (χ0n) is 15.7. The maximum atomic E-state index is 12.6. The van der Waals surface area contributed by atoms with Crippen LogP contribution in [0.5, 0.6) is 0 Å². The van der Waals surface area contributed by atoms with Gasteiger partial charge in [-0.2, -0.15) is 5.10 Å². The fourth-order valence-corrected chi connectivity index (χ4v) is 3.32. The number of fused-ring (bicyclic) bond motifs is 1. The van der Waals surface area contributed by atoms with Crippen LogP contribution in [0.15, 0.2) is 55.1 Å². The summed E-state index contributed by atoms with van der Waals surface area (Å²) in [5, 5.41) is 18.2. The molecule has 2 heterocycles. The average Bonchev–Trinajstić information content (AvgIpc) is 3.32. The van der Waals surface area contributed by atoms with Gasteiger partial charge in [0.1, 0.15) is 18.3 Å². The van der Waals surface area contributed by atoms with E-state index in [-0.39, 0.29) is 5.91 Å². The molecule has 7 nitrogen and oxygen atoms in total. The summed E-state index contributed by atoms with van der Waals surface area (Å²) in [7, 11) is 0. The van der Waals surface area contributed by atoms with E-state index in [4.69, 9.17) is 0 Å². The molecule has 0 aliphatic heterocycles. The zero-order valence-corrected chi connectivity index (χ0v) is 15.7. The van der Waals surface area contributed by atoms with E-state index in [2.05, 4.69) is 26.4 Å². The number of aliphatic hydroxyl groups is 1. The summed E-state index contributed by atoms with van der Waals surface area (Å²) in [6.45, 7) is 4.39. The zero-order chi connectivity index (χ0) is 19.7. The van der Waals surface area contributed by atoms with Crippen molar-refractivity contribution < 1.29 is 9.90 Å². The van der Waals surface area contributed by atoms with E-state index in [0.29, 0.717) is 17.9 Å². The van der Waals surface area contributed by atoms with Crippen molar-refractivity contribution >= 4 is 22.5 Å². The summed E-state index contributed by atoms with van der Waals surface area (Å²) < 4.78 is 1.57. The number of carbonyl (C=O) groups excluding carboxylic acids is 1. The smallest absolute Gasteiger partial charge is 0.272 e. The molecular weight excluding hydrogens is 354 g/mol. The Morgan fingerprint density at radius 3 is 2.71 bits per heavy atom. The van der Waals surface area contributed by atoms with E-state index in [1.165, 1.54) is 6.33 Å². The number of anilines is 1. The molecular formula is C21H21N5O2. The van der Waals surface area contributed by atoms with Gasteiger partial charge in [-0.15, -0.1) is 0 Å². The first-order chi connectivity index (χ1) is 13.5. The van der Waals surface area contributed by atoms with Gasteiger partial charge in [-0.3, -0.25) is 9.48 Å². The van der Waals surface area contributed by atoms with Gasteiger partial charge in [-0.05, 0) is 54.8 Å². The highest BCUT2D eigenvalue weighted by molar-refractivity contribution is 6.06. The summed E-state index contributed by atoms with van der Waals surface area (Å²) in [5.74, 6) is -0.204. The standard InChI is InChI=1S/C21H21N5O2/c1-13-7-14(2)17-9-19(25-18(17)8-13)21(28)24-16-5-3-15(4-6-16)20(27)10-26-12-22-11-23-26/h3-9,11-12,20,25,27H,10H2,1-2H3,(H,24,28). The number of H-pyrrole nitrogens is 1. The number of nitrogens with zero attached hydrogens (tertiary/aromatic N) is 3. The van der Waals surface area contributed by atoms with Crippen LogP contribution >= 0.6 is 0 Å². The van der Waals surface area contributed by atoms with Gasteiger partial charge in [0.25, 0.3) is 5.91 Å². The molecule has 142 valence electrons. The first-order valence-electron chi connectivity index (χ1n) is 9.01. The van der Waals surface area contributed by atoms with Crippen molar-refractivity contribution in [2.75, 3.05) is 5.32 Å². The Morgan fingerprint density at radius 2 is 2.00 bits per heavy atom. The number of aromatic nitrogens is 4. The van der Waals surface area contributed by atoms with Crippen molar-refractivity contribution in [2.24, 2.45) is 0 Å². The molecule has 2 aromatic carbocycles. The van der Waals surface area contributed by atoms with Crippen molar-refractivity contribution in [3.63, 3.8) is 0 Å². The van der Waals surface area contributed by atoms with Crippen LogP contribution in [-0.4, -0.2) is 30.8 Å². The third-order valence-corrected chi connectivity index (χ3v) is 4.71. The number of hydrogen-bond donors (Lipinski definition) is 3. The molecule has 0 radical (unpaired) electrons. The van der Waals surface area contributed by atoms with Crippen LogP contribution in [0.1, 0.15) is 33.3 Å². The summed E-state index contributed by atoms with van der Waals surface area (Å²) in [5.41, 5.74) is 5.15. The SMILES string of the molecule is Cc1cc(C)c2cc(C(=O)Nc3ccc(C(O)Cn4cncn4)cc3)[nH]c2c1. The molecule has 28 heavy (non-hydrogen) atoms. The maximum absolute atomic E-state index is 12.6. The van der Waals surface area contributed by atoms with Gasteiger partial charge in [0.15, 0.2) is 0 Å². The molecule has 0 aliphatic rings. The quantitative estimate of drug-likeness (QED) is 0.498. The predicted molar refractivity (Wildman–Crippen MR) is 107 cm³/mol. The fourth-order valence-electron chi connectivity index (χ4n) is 3.32. The van der Waals surface area contributed by atoms with Crippen LogP contribution in [0.3, 0.4) is 0 Å². The molecule has 4 aromatic rings. The topological polar surface area (TPSA) is 95.8 Å². The highest BCUT2D eigenvalue weighted by Crippen LogP contribution is 2.23. The number of amides is 1. The minimum atomic E-state index is -0.702. The fraction of sp³-hybridized carbons (Fsp3) is 0.190. The molecule has 7 heteroatoms. The van der Waals surface area contributed by atoms with Crippen molar-refractivity contribution in [3.05, 3.63) is 77.5 Å². The second-order valence-electron chi connectivity index (χ2n) is 6.94. The number of carbonyl (C=O) groups is 1. The van der Waals surface area contributed by atoms with E-state index in [0.717, 1.165) is 27.6 Å². The van der Waals surface area contributed by atoms with Gasteiger partial charge in [0.2, 0.25) is 0 Å². The molecule has 1 unspecified atom stereocenters. The molecule has 0 saturated carbocycles.